The quantitative estimate of drug-likeness (QED) is 0.494. The lowest BCUT2D eigenvalue weighted by molar-refractivity contribution is 0.259. The fourth-order valence-electron chi connectivity index (χ4n) is 4.94. The van der Waals surface area contributed by atoms with Gasteiger partial charge in [0.05, 0.1) is 5.03 Å². The molecule has 1 N–H and O–H groups in total. The lowest BCUT2D eigenvalue weighted by atomic mass is 9.88. The molecule has 2 aromatic carbocycles. The second kappa shape index (κ2) is 9.84. The zero-order valence-electron chi connectivity index (χ0n) is 19.6. The fraction of sp³-hybridized carbons (Fsp3) is 0.250. The lowest BCUT2D eigenvalue weighted by Crippen LogP contribution is -2.34. The third-order valence-corrected chi connectivity index (χ3v) is 8.02. The van der Waals surface area contributed by atoms with Crippen LogP contribution in [0.2, 0.25) is 0 Å². The normalized spacial score (nSPS) is 17.6. The summed E-state index contributed by atoms with van der Waals surface area (Å²) < 4.78 is 36.8. The molecule has 180 valence electrons. The van der Waals surface area contributed by atoms with Crippen LogP contribution in [-0.2, 0) is 17.1 Å². The summed E-state index contributed by atoms with van der Waals surface area (Å²) in [5, 5.41) is 2.52. The van der Waals surface area contributed by atoms with E-state index in [1.54, 1.807) is 40.4 Å². The van der Waals surface area contributed by atoms with Crippen LogP contribution in [0.25, 0.3) is 11.8 Å². The Morgan fingerprint density at radius 2 is 1.54 bits per heavy atom. The van der Waals surface area contributed by atoms with Gasteiger partial charge in [-0.25, -0.2) is 8.78 Å². The average Bonchev–Trinajstić information content (AvgIpc) is 3.23. The number of halogens is 2. The van der Waals surface area contributed by atoms with E-state index >= 15 is 0 Å². The monoisotopic (exact) mass is 491 g/mol. The molecule has 0 amide bonds. The van der Waals surface area contributed by atoms with Crippen LogP contribution < -0.4 is 5.56 Å². The molecule has 1 unspecified atom stereocenters. The van der Waals surface area contributed by atoms with Crippen molar-refractivity contribution in [2.24, 2.45) is 0 Å². The van der Waals surface area contributed by atoms with Crippen LogP contribution in [0.15, 0.2) is 75.4 Å². The number of hydrogen-bond acceptors (Lipinski definition) is 3. The van der Waals surface area contributed by atoms with E-state index in [4.69, 9.17) is 4.78 Å². The van der Waals surface area contributed by atoms with Gasteiger partial charge in [-0.1, -0.05) is 29.8 Å². The average molecular weight is 492 g/mol. The Morgan fingerprint density at radius 3 is 2.11 bits per heavy atom. The molecule has 3 aromatic rings. The molecule has 3 heterocycles. The smallest absolute Gasteiger partial charge is 0.259 e. The molecule has 0 aliphatic carbocycles. The molecule has 4 nitrogen and oxygen atoms in total. The van der Waals surface area contributed by atoms with E-state index in [0.717, 1.165) is 65.3 Å². The van der Waals surface area contributed by atoms with E-state index in [9.17, 15) is 13.6 Å². The van der Waals surface area contributed by atoms with Gasteiger partial charge >= 0.3 is 0 Å². The number of pyridine rings is 1. The summed E-state index contributed by atoms with van der Waals surface area (Å²) in [6.45, 7) is 4.48. The minimum atomic E-state index is -0.753. The van der Waals surface area contributed by atoms with Crippen molar-refractivity contribution in [3.63, 3.8) is 0 Å². The van der Waals surface area contributed by atoms with Crippen LogP contribution >= 0.6 is 0 Å². The number of benzene rings is 2. The number of nitrogens with one attached hydrogen (secondary N) is 1. The van der Waals surface area contributed by atoms with Crippen LogP contribution in [0.5, 0.6) is 0 Å². The molecule has 5 rings (SSSR count). The highest BCUT2D eigenvalue weighted by molar-refractivity contribution is 7.89. The molecule has 0 saturated carbocycles. The molecular weight excluding hydrogens is 464 g/mol. The maximum atomic E-state index is 13.6. The van der Waals surface area contributed by atoms with E-state index in [2.05, 4.69) is 4.90 Å². The first kappa shape index (κ1) is 23.6. The highest BCUT2D eigenvalue weighted by atomic mass is 32.2. The number of aromatic nitrogens is 1. The van der Waals surface area contributed by atoms with Gasteiger partial charge in [0.25, 0.3) is 5.56 Å². The Balaban J connectivity index is 1.34. The number of rotatable bonds is 5. The van der Waals surface area contributed by atoms with E-state index < -0.39 is 10.7 Å². The number of nitrogens with zero attached hydrogens (tertiary/aromatic N) is 2. The molecule has 2 aliphatic heterocycles. The van der Waals surface area contributed by atoms with Gasteiger partial charge in [0.2, 0.25) is 0 Å². The summed E-state index contributed by atoms with van der Waals surface area (Å²) in [6.07, 6.45) is 4.11. The number of piperidine rings is 1. The van der Waals surface area contributed by atoms with Crippen molar-refractivity contribution in [3.8, 4) is 0 Å². The van der Waals surface area contributed by atoms with E-state index in [1.165, 1.54) is 29.8 Å². The van der Waals surface area contributed by atoms with Crippen LogP contribution in [-0.4, -0.2) is 29.1 Å². The van der Waals surface area contributed by atoms with Crippen molar-refractivity contribution in [2.45, 2.75) is 31.2 Å². The maximum absolute atomic E-state index is 13.6. The largest absolute Gasteiger partial charge is 0.302 e. The first-order valence-corrected chi connectivity index (χ1v) is 13.0. The zero-order valence-corrected chi connectivity index (χ0v) is 20.4. The van der Waals surface area contributed by atoms with Gasteiger partial charge in [0.15, 0.2) is 0 Å². The summed E-state index contributed by atoms with van der Waals surface area (Å²) in [6, 6.07) is 15.0. The Labute approximate surface area is 206 Å². The number of fused-ring (bicyclic) bond motifs is 1. The molecule has 1 fully saturated rings. The van der Waals surface area contributed by atoms with Crippen molar-refractivity contribution in [1.82, 2.24) is 9.47 Å². The standard InChI is InChI=1S/C28H27F2N3OS/c1-19-18-26-33(16-17-35(26)31)28(34)25(19)12-15-32-13-10-22(11-14-32)27(20-2-6-23(29)7-3-20)21-4-8-24(30)9-5-21/h2-9,16-18,31H,10-15H2,1H3. The molecule has 0 radical (unpaired) electrons. The second-order valence-corrected chi connectivity index (χ2v) is 10.4. The lowest BCUT2D eigenvalue weighted by Gasteiger charge is -2.30. The summed E-state index contributed by atoms with van der Waals surface area (Å²) in [4.78, 5) is 15.3. The van der Waals surface area contributed by atoms with Crippen LogP contribution in [0.3, 0.4) is 0 Å². The molecule has 1 saturated heterocycles. The van der Waals surface area contributed by atoms with Gasteiger partial charge in [-0.05, 0) is 89.5 Å². The van der Waals surface area contributed by atoms with Crippen LogP contribution in [0.4, 0.5) is 8.78 Å². The molecule has 35 heavy (non-hydrogen) atoms. The number of hydrogen-bond donors (Lipinski definition) is 1. The van der Waals surface area contributed by atoms with Crippen molar-refractivity contribution in [1.29, 1.82) is 4.78 Å². The molecular formula is C28H27F2N3OS. The van der Waals surface area contributed by atoms with Gasteiger partial charge in [-0.2, -0.15) is 0 Å². The van der Waals surface area contributed by atoms with Gasteiger partial charge < -0.3 is 4.90 Å². The molecule has 0 bridgehead atoms. The Bertz CT molecular complexity index is 1350. The first-order chi connectivity index (χ1) is 16.9. The Kier molecular flexibility index (Phi) is 6.62. The second-order valence-electron chi connectivity index (χ2n) is 9.03. The highest BCUT2D eigenvalue weighted by Gasteiger charge is 2.21. The van der Waals surface area contributed by atoms with Gasteiger partial charge in [0.1, 0.15) is 11.6 Å². The van der Waals surface area contributed by atoms with Crippen molar-refractivity contribution < 1.29 is 8.78 Å². The minimum Gasteiger partial charge on any atom is -0.302 e. The summed E-state index contributed by atoms with van der Waals surface area (Å²) >= 11 is 0. The topological polar surface area (TPSA) is 49.1 Å². The SMILES string of the molecule is Cc1cc2n(c(=O)c1CCN1CCC(=C(c3ccc(F)cc3)c3ccc(F)cc3)CC1)C=CS2=N. The van der Waals surface area contributed by atoms with Gasteiger partial charge in [0, 0.05) is 36.8 Å². The van der Waals surface area contributed by atoms with E-state index in [-0.39, 0.29) is 17.2 Å². The molecule has 1 atom stereocenters. The van der Waals surface area contributed by atoms with E-state index in [0.29, 0.717) is 6.42 Å². The van der Waals surface area contributed by atoms with Crippen molar-refractivity contribution >= 4 is 22.5 Å². The number of likely N-dealkylation sites (tertiary alicyclic amines) is 1. The van der Waals surface area contributed by atoms with Gasteiger partial charge in [-0.15, -0.1) is 0 Å². The predicted molar refractivity (Wildman–Crippen MR) is 137 cm³/mol. The first-order valence-electron chi connectivity index (χ1n) is 11.7. The molecule has 1 aromatic heterocycles. The fourth-order valence-corrected chi connectivity index (χ4v) is 5.98. The molecule has 0 spiro atoms. The number of aryl methyl sites for hydroxylation is 1. The minimum absolute atomic E-state index is 0.00833. The van der Waals surface area contributed by atoms with Crippen molar-refractivity contribution in [2.75, 3.05) is 19.6 Å². The highest BCUT2D eigenvalue weighted by Crippen LogP contribution is 2.32. The zero-order chi connectivity index (χ0) is 24.5. The third-order valence-electron chi connectivity index (χ3n) is 6.86. The molecule has 7 heteroatoms. The summed E-state index contributed by atoms with van der Waals surface area (Å²) in [5.41, 5.74) is 5.97. The van der Waals surface area contributed by atoms with E-state index in [1.807, 2.05) is 13.0 Å². The Hall–Kier alpha value is -3.16. The maximum Gasteiger partial charge on any atom is 0.259 e. The van der Waals surface area contributed by atoms with Crippen LogP contribution in [0, 0.1) is 23.3 Å². The third kappa shape index (κ3) is 4.83. The summed E-state index contributed by atoms with van der Waals surface area (Å²) in [7, 11) is -0.753. The molecule has 2 aliphatic rings. The van der Waals surface area contributed by atoms with Crippen LogP contribution in [0.1, 0.15) is 35.1 Å². The summed E-state index contributed by atoms with van der Waals surface area (Å²) in [5.74, 6) is -0.557. The predicted octanol–water partition coefficient (Wildman–Crippen LogP) is 5.76. The van der Waals surface area contributed by atoms with Crippen molar-refractivity contribution in [3.05, 3.63) is 110 Å². The Morgan fingerprint density at radius 1 is 0.971 bits per heavy atom. The van der Waals surface area contributed by atoms with Gasteiger partial charge in [-0.3, -0.25) is 14.1 Å².